The smallest absolute Gasteiger partial charge is 0.255 e. The maximum absolute atomic E-state index is 12.8. The summed E-state index contributed by atoms with van der Waals surface area (Å²) in [7, 11) is 0. The fraction of sp³-hybridized carbons (Fsp3) is 0.650. The number of carbonyl (C=O) groups is 1. The van der Waals surface area contributed by atoms with Crippen molar-refractivity contribution in [3.8, 4) is 5.75 Å². The number of quaternary nitrogens is 1. The molecule has 1 aromatic rings. The molecular formula is C20H29N2O2+. The summed E-state index contributed by atoms with van der Waals surface area (Å²) in [6.45, 7) is 2.53. The van der Waals surface area contributed by atoms with Gasteiger partial charge in [-0.2, -0.15) is 0 Å². The summed E-state index contributed by atoms with van der Waals surface area (Å²) in [6.07, 6.45) is 9.17. The van der Waals surface area contributed by atoms with Crippen LogP contribution in [0.2, 0.25) is 0 Å². The summed E-state index contributed by atoms with van der Waals surface area (Å²) in [5, 5.41) is 3.31. The number of carbonyl (C=O) groups excluding carboxylic acids is 1. The normalized spacial score (nSPS) is 32.2. The Kier molecular flexibility index (Phi) is 4.49. The number of hydrogen-bond acceptors (Lipinski definition) is 2. The van der Waals surface area contributed by atoms with Crippen LogP contribution in [0, 0.1) is 0 Å². The lowest BCUT2D eigenvalue weighted by Crippen LogP contribution is -3.22. The Morgan fingerprint density at radius 3 is 2.50 bits per heavy atom. The third kappa shape index (κ3) is 3.16. The van der Waals surface area contributed by atoms with E-state index in [9.17, 15) is 4.79 Å². The van der Waals surface area contributed by atoms with Gasteiger partial charge in [0.1, 0.15) is 5.75 Å². The van der Waals surface area contributed by atoms with Gasteiger partial charge in [0.15, 0.2) is 0 Å². The van der Waals surface area contributed by atoms with E-state index in [4.69, 9.17) is 4.74 Å². The minimum Gasteiger partial charge on any atom is -0.493 e. The molecule has 2 atom stereocenters. The molecular weight excluding hydrogens is 300 g/mol. The Hall–Kier alpha value is -1.55. The molecule has 0 radical (unpaired) electrons. The lowest BCUT2D eigenvalue weighted by Gasteiger charge is -2.46. The van der Waals surface area contributed by atoms with E-state index in [0.717, 1.165) is 31.0 Å². The Morgan fingerprint density at radius 2 is 1.83 bits per heavy atom. The van der Waals surface area contributed by atoms with E-state index in [0.29, 0.717) is 24.0 Å². The van der Waals surface area contributed by atoms with Gasteiger partial charge in [-0.1, -0.05) is 12.1 Å². The van der Waals surface area contributed by atoms with Gasteiger partial charge in [-0.25, -0.2) is 0 Å². The number of rotatable bonds is 5. The Morgan fingerprint density at radius 1 is 1.12 bits per heavy atom. The molecule has 0 unspecified atom stereocenters. The molecule has 4 rings (SSSR count). The minimum absolute atomic E-state index is 0.0250. The average Bonchev–Trinajstić information content (AvgIpc) is 3.39. The molecule has 24 heavy (non-hydrogen) atoms. The molecule has 3 aliphatic rings. The molecule has 4 heteroatoms. The minimum atomic E-state index is 0.0250. The first-order chi connectivity index (χ1) is 11.8. The van der Waals surface area contributed by atoms with Gasteiger partial charge in [-0.3, -0.25) is 4.79 Å². The zero-order valence-corrected chi connectivity index (χ0v) is 14.6. The van der Waals surface area contributed by atoms with Crippen molar-refractivity contribution in [3.63, 3.8) is 0 Å². The lowest BCUT2D eigenvalue weighted by molar-refractivity contribution is -0.971. The maximum atomic E-state index is 12.8. The molecule has 1 aromatic carbocycles. The fourth-order valence-electron chi connectivity index (χ4n) is 4.97. The van der Waals surface area contributed by atoms with Crippen LogP contribution in [-0.2, 0) is 0 Å². The topological polar surface area (TPSA) is 42.8 Å². The number of fused-ring (bicyclic) bond motifs is 2. The monoisotopic (exact) mass is 329 g/mol. The van der Waals surface area contributed by atoms with Crippen molar-refractivity contribution in [3.05, 3.63) is 29.8 Å². The van der Waals surface area contributed by atoms with Crippen molar-refractivity contribution >= 4 is 5.91 Å². The quantitative estimate of drug-likeness (QED) is 0.867. The van der Waals surface area contributed by atoms with E-state index in [2.05, 4.69) is 5.32 Å². The molecule has 3 fully saturated rings. The van der Waals surface area contributed by atoms with Crippen LogP contribution in [0.5, 0.6) is 5.75 Å². The second-order valence-electron chi connectivity index (χ2n) is 7.67. The van der Waals surface area contributed by atoms with Crippen LogP contribution in [-0.4, -0.2) is 36.7 Å². The van der Waals surface area contributed by atoms with E-state index in [-0.39, 0.29) is 5.91 Å². The van der Waals surface area contributed by atoms with E-state index in [1.807, 2.05) is 36.1 Å². The molecule has 2 saturated heterocycles. The van der Waals surface area contributed by atoms with Crippen LogP contribution >= 0.6 is 0 Å². The SMILES string of the molecule is CCOc1ccccc1C(=O)NC1C[C@H]2CCC[C@H](C1)[NH+]2C1CC1. The van der Waals surface area contributed by atoms with E-state index in [1.165, 1.54) is 32.1 Å². The first-order valence-electron chi connectivity index (χ1n) is 9.65. The molecule has 0 aromatic heterocycles. The second-order valence-corrected chi connectivity index (χ2v) is 7.67. The molecule has 2 bridgehead atoms. The molecule has 2 aliphatic heterocycles. The van der Waals surface area contributed by atoms with Crippen molar-refractivity contribution in [1.29, 1.82) is 0 Å². The van der Waals surface area contributed by atoms with Crippen LogP contribution in [0.15, 0.2) is 24.3 Å². The maximum Gasteiger partial charge on any atom is 0.255 e. The van der Waals surface area contributed by atoms with Gasteiger partial charge in [0, 0.05) is 31.7 Å². The highest BCUT2D eigenvalue weighted by Crippen LogP contribution is 2.28. The van der Waals surface area contributed by atoms with Crippen molar-refractivity contribution < 1.29 is 14.4 Å². The number of amides is 1. The molecule has 2 heterocycles. The molecule has 4 nitrogen and oxygen atoms in total. The molecule has 0 spiro atoms. The van der Waals surface area contributed by atoms with Crippen molar-refractivity contribution in [1.82, 2.24) is 5.32 Å². The number of benzene rings is 1. The van der Waals surface area contributed by atoms with Crippen LogP contribution < -0.4 is 15.0 Å². The molecule has 130 valence electrons. The van der Waals surface area contributed by atoms with Gasteiger partial charge >= 0.3 is 0 Å². The number of hydrogen-bond donors (Lipinski definition) is 2. The molecule has 2 N–H and O–H groups in total. The zero-order chi connectivity index (χ0) is 16.5. The van der Waals surface area contributed by atoms with Crippen LogP contribution in [0.1, 0.15) is 62.2 Å². The summed E-state index contributed by atoms with van der Waals surface area (Å²) in [4.78, 5) is 14.6. The molecule has 1 saturated carbocycles. The Labute approximate surface area is 144 Å². The summed E-state index contributed by atoms with van der Waals surface area (Å²) in [5.41, 5.74) is 0.668. The summed E-state index contributed by atoms with van der Waals surface area (Å²) < 4.78 is 5.61. The summed E-state index contributed by atoms with van der Waals surface area (Å²) >= 11 is 0. The average molecular weight is 329 g/mol. The van der Waals surface area contributed by atoms with Gasteiger partial charge in [-0.05, 0) is 38.3 Å². The summed E-state index contributed by atoms with van der Waals surface area (Å²) in [6, 6.07) is 10.4. The van der Waals surface area contributed by atoms with Crippen molar-refractivity contribution in [2.24, 2.45) is 0 Å². The van der Waals surface area contributed by atoms with Gasteiger partial charge < -0.3 is 15.0 Å². The highest BCUT2D eigenvalue weighted by molar-refractivity contribution is 5.97. The van der Waals surface area contributed by atoms with Gasteiger partial charge in [0.05, 0.1) is 30.3 Å². The van der Waals surface area contributed by atoms with Gasteiger partial charge in [0.2, 0.25) is 0 Å². The van der Waals surface area contributed by atoms with E-state index >= 15 is 0 Å². The predicted octanol–water partition coefficient (Wildman–Crippen LogP) is 1.95. The van der Waals surface area contributed by atoms with Crippen LogP contribution in [0.3, 0.4) is 0 Å². The van der Waals surface area contributed by atoms with E-state index < -0.39 is 0 Å². The first kappa shape index (κ1) is 15.9. The van der Waals surface area contributed by atoms with E-state index in [1.54, 1.807) is 0 Å². The van der Waals surface area contributed by atoms with Crippen LogP contribution in [0.25, 0.3) is 0 Å². The van der Waals surface area contributed by atoms with Crippen molar-refractivity contribution in [2.45, 2.75) is 76.0 Å². The number of piperidine rings is 2. The summed E-state index contributed by atoms with van der Waals surface area (Å²) in [5.74, 6) is 0.718. The second kappa shape index (κ2) is 6.75. The zero-order valence-electron chi connectivity index (χ0n) is 14.6. The third-order valence-corrected chi connectivity index (χ3v) is 6.00. The number of nitrogens with one attached hydrogen (secondary N) is 2. The van der Waals surface area contributed by atoms with Gasteiger partial charge in [-0.15, -0.1) is 0 Å². The van der Waals surface area contributed by atoms with Gasteiger partial charge in [0.25, 0.3) is 5.91 Å². The molecule has 1 amide bonds. The standard InChI is InChI=1S/C20H28N2O2/c1-2-24-19-9-4-3-8-18(19)20(23)21-14-12-16-6-5-7-17(13-14)22(16)15-10-11-15/h3-4,8-9,14-17H,2,5-7,10-13H2,1H3,(H,21,23)/p+1/t16-,17-/m1/s1. The number of para-hydroxylation sites is 1. The first-order valence-corrected chi connectivity index (χ1v) is 9.65. The third-order valence-electron chi connectivity index (χ3n) is 6.00. The largest absolute Gasteiger partial charge is 0.493 e. The highest BCUT2D eigenvalue weighted by Gasteiger charge is 2.49. The lowest BCUT2D eigenvalue weighted by atomic mass is 9.81. The fourth-order valence-corrected chi connectivity index (χ4v) is 4.97. The molecule has 1 aliphatic carbocycles. The Bertz CT molecular complexity index is 585. The van der Waals surface area contributed by atoms with Crippen LogP contribution in [0.4, 0.5) is 0 Å². The highest BCUT2D eigenvalue weighted by atomic mass is 16.5. The predicted molar refractivity (Wildman–Crippen MR) is 93.5 cm³/mol. The number of ether oxygens (including phenoxy) is 1. The Balaban J connectivity index is 1.43. The van der Waals surface area contributed by atoms with Crippen molar-refractivity contribution in [2.75, 3.05) is 6.61 Å².